The van der Waals surface area contributed by atoms with Crippen molar-refractivity contribution >= 4 is 22.5 Å². The number of rotatable bonds is 1. The largest absolute Gasteiger partial charge is 0.278 e. The van der Waals surface area contributed by atoms with Crippen molar-refractivity contribution in [1.29, 1.82) is 0 Å². The van der Waals surface area contributed by atoms with Crippen LogP contribution in [-0.4, -0.2) is 15.0 Å². The number of nitrogens with zero attached hydrogens (tertiary/aromatic N) is 3. The molecule has 0 aliphatic carbocycles. The summed E-state index contributed by atoms with van der Waals surface area (Å²) in [7, 11) is 0. The molecule has 0 amide bonds. The number of benzene rings is 1. The van der Waals surface area contributed by atoms with Crippen LogP contribution in [0, 0.1) is 5.82 Å². The van der Waals surface area contributed by atoms with Crippen LogP contribution >= 0.6 is 11.6 Å². The van der Waals surface area contributed by atoms with E-state index in [2.05, 4.69) is 10.3 Å². The second-order valence-electron chi connectivity index (χ2n) is 2.68. The number of hydrogen-bond acceptors (Lipinski definition) is 3. The van der Waals surface area contributed by atoms with Crippen LogP contribution in [0.25, 0.3) is 10.9 Å². The number of halogens is 2. The molecule has 0 fully saturated rings. The summed E-state index contributed by atoms with van der Waals surface area (Å²) in [6.45, 7) is 0. The lowest BCUT2D eigenvalue weighted by Gasteiger charge is -1.99. The fourth-order valence-corrected chi connectivity index (χ4v) is 1.28. The monoisotopic (exact) mass is 213 g/mol. The summed E-state index contributed by atoms with van der Waals surface area (Å²) in [5.41, 5.74) is -0.138. The number of alkyl halides is 1. The van der Waals surface area contributed by atoms with Crippen LogP contribution in [0.15, 0.2) is 23.0 Å². The Morgan fingerprint density at radius 2 is 2.29 bits per heavy atom. The van der Waals surface area contributed by atoms with Crippen molar-refractivity contribution in [2.24, 2.45) is 0 Å². The quantitative estimate of drug-likeness (QED) is 0.667. The smallest absolute Gasteiger partial charge is 0.267 e. The first-order valence-electron chi connectivity index (χ1n) is 3.81. The standard InChI is InChI=1S/C8H5ClFN3O/c9-4-13-8(14)6-2-1-5(10)3-7(6)11-12-13/h1-3H,4H2. The van der Waals surface area contributed by atoms with Crippen molar-refractivity contribution in [2.75, 3.05) is 0 Å². The molecule has 0 aliphatic rings. The highest BCUT2D eigenvalue weighted by atomic mass is 35.5. The van der Waals surface area contributed by atoms with E-state index in [0.29, 0.717) is 5.39 Å². The molecule has 1 aromatic carbocycles. The van der Waals surface area contributed by atoms with Gasteiger partial charge in [-0.1, -0.05) is 5.21 Å². The molecule has 72 valence electrons. The van der Waals surface area contributed by atoms with E-state index in [1.807, 2.05) is 0 Å². The van der Waals surface area contributed by atoms with Crippen LogP contribution in [0.3, 0.4) is 0 Å². The minimum absolute atomic E-state index is 0.0703. The Bertz CT molecular complexity index is 540. The lowest BCUT2D eigenvalue weighted by molar-refractivity contribution is 0.621. The van der Waals surface area contributed by atoms with E-state index in [-0.39, 0.29) is 17.1 Å². The van der Waals surface area contributed by atoms with E-state index in [1.165, 1.54) is 12.1 Å². The zero-order valence-electron chi connectivity index (χ0n) is 6.94. The lowest BCUT2D eigenvalue weighted by atomic mass is 10.2. The first-order chi connectivity index (χ1) is 6.72. The van der Waals surface area contributed by atoms with Crippen molar-refractivity contribution in [3.05, 3.63) is 34.4 Å². The third-order valence-corrected chi connectivity index (χ3v) is 2.02. The molecule has 2 rings (SSSR count). The molecular formula is C8H5ClFN3O. The summed E-state index contributed by atoms with van der Waals surface area (Å²) in [6.07, 6.45) is 0. The van der Waals surface area contributed by atoms with E-state index in [0.717, 1.165) is 10.7 Å². The molecule has 14 heavy (non-hydrogen) atoms. The molecule has 1 aromatic heterocycles. The molecule has 1 heterocycles. The second-order valence-corrected chi connectivity index (χ2v) is 2.91. The molecule has 0 radical (unpaired) electrons. The summed E-state index contributed by atoms with van der Waals surface area (Å²) < 4.78 is 13.7. The van der Waals surface area contributed by atoms with E-state index < -0.39 is 5.82 Å². The summed E-state index contributed by atoms with van der Waals surface area (Å²) in [5, 5.41) is 7.49. The fourth-order valence-electron chi connectivity index (χ4n) is 1.13. The summed E-state index contributed by atoms with van der Waals surface area (Å²) in [4.78, 5) is 11.5. The van der Waals surface area contributed by atoms with Gasteiger partial charge in [0.25, 0.3) is 5.56 Å². The van der Waals surface area contributed by atoms with Gasteiger partial charge in [0, 0.05) is 6.07 Å². The third-order valence-electron chi connectivity index (χ3n) is 1.80. The van der Waals surface area contributed by atoms with Gasteiger partial charge >= 0.3 is 0 Å². The van der Waals surface area contributed by atoms with Gasteiger partial charge in [-0.25, -0.2) is 4.39 Å². The molecule has 0 saturated carbocycles. The highest BCUT2D eigenvalue weighted by molar-refractivity contribution is 6.15. The zero-order valence-corrected chi connectivity index (χ0v) is 7.70. The Labute approximate surface area is 82.9 Å². The second kappa shape index (κ2) is 3.34. The van der Waals surface area contributed by atoms with Crippen molar-refractivity contribution < 1.29 is 4.39 Å². The first kappa shape index (κ1) is 9.08. The summed E-state index contributed by atoms with van der Waals surface area (Å²) in [5.74, 6) is -0.449. The third kappa shape index (κ3) is 1.35. The van der Waals surface area contributed by atoms with Crippen LogP contribution in [0.2, 0.25) is 0 Å². The molecule has 0 bridgehead atoms. The molecule has 4 nitrogen and oxygen atoms in total. The van der Waals surface area contributed by atoms with Gasteiger partial charge in [-0.15, -0.1) is 16.7 Å². The Hall–Kier alpha value is -1.49. The maximum atomic E-state index is 12.7. The predicted octanol–water partition coefficient (Wildman–Crippen LogP) is 1.13. The predicted molar refractivity (Wildman–Crippen MR) is 49.6 cm³/mol. The zero-order chi connectivity index (χ0) is 10.1. The molecule has 2 aromatic rings. The van der Waals surface area contributed by atoms with Gasteiger partial charge in [-0.05, 0) is 12.1 Å². The van der Waals surface area contributed by atoms with Crippen molar-refractivity contribution in [2.45, 2.75) is 6.00 Å². The van der Waals surface area contributed by atoms with Crippen molar-refractivity contribution in [3.63, 3.8) is 0 Å². The SMILES string of the molecule is O=c1c2ccc(F)cc2nnn1CCl. The van der Waals surface area contributed by atoms with E-state index >= 15 is 0 Å². The Balaban J connectivity index is 2.84. The number of hydrogen-bond donors (Lipinski definition) is 0. The Kier molecular flexibility index (Phi) is 2.17. The van der Waals surface area contributed by atoms with Crippen LogP contribution in [0.1, 0.15) is 0 Å². The molecule has 6 heteroatoms. The molecule has 0 N–H and O–H groups in total. The molecular weight excluding hydrogens is 209 g/mol. The minimum atomic E-state index is -0.449. The molecule has 0 spiro atoms. The fraction of sp³-hybridized carbons (Fsp3) is 0.125. The average molecular weight is 214 g/mol. The van der Waals surface area contributed by atoms with Gasteiger partial charge in [-0.2, -0.15) is 4.68 Å². The van der Waals surface area contributed by atoms with Crippen molar-refractivity contribution in [1.82, 2.24) is 15.0 Å². The topological polar surface area (TPSA) is 47.8 Å². The van der Waals surface area contributed by atoms with Gasteiger partial charge in [0.15, 0.2) is 0 Å². The summed E-state index contributed by atoms with van der Waals surface area (Å²) in [6, 6.07) is 3.65. The highest BCUT2D eigenvalue weighted by Crippen LogP contribution is 2.07. The van der Waals surface area contributed by atoms with Crippen molar-refractivity contribution in [3.8, 4) is 0 Å². The first-order valence-corrected chi connectivity index (χ1v) is 4.35. The van der Waals surface area contributed by atoms with Crippen LogP contribution in [0.5, 0.6) is 0 Å². The van der Waals surface area contributed by atoms with Gasteiger partial charge in [-0.3, -0.25) is 4.79 Å². The van der Waals surface area contributed by atoms with E-state index in [1.54, 1.807) is 0 Å². The minimum Gasteiger partial charge on any atom is -0.267 e. The Morgan fingerprint density at radius 1 is 1.50 bits per heavy atom. The van der Waals surface area contributed by atoms with Gasteiger partial charge in [0.2, 0.25) is 0 Å². The highest BCUT2D eigenvalue weighted by Gasteiger charge is 2.04. The van der Waals surface area contributed by atoms with E-state index in [9.17, 15) is 9.18 Å². The summed E-state index contributed by atoms with van der Waals surface area (Å²) >= 11 is 5.45. The number of fused-ring (bicyclic) bond motifs is 1. The average Bonchev–Trinajstić information content (AvgIpc) is 2.18. The van der Waals surface area contributed by atoms with Gasteiger partial charge in [0.1, 0.15) is 17.3 Å². The van der Waals surface area contributed by atoms with Crippen LogP contribution in [-0.2, 0) is 6.00 Å². The normalized spacial score (nSPS) is 10.7. The van der Waals surface area contributed by atoms with Gasteiger partial charge in [0.05, 0.1) is 5.39 Å². The van der Waals surface area contributed by atoms with E-state index in [4.69, 9.17) is 11.6 Å². The maximum Gasteiger partial charge on any atom is 0.278 e. The molecule has 0 atom stereocenters. The molecule has 0 unspecified atom stereocenters. The molecule has 0 aliphatic heterocycles. The lowest BCUT2D eigenvalue weighted by Crippen LogP contribution is -2.22. The molecule has 0 saturated heterocycles. The van der Waals surface area contributed by atoms with Crippen LogP contribution < -0.4 is 5.56 Å². The maximum absolute atomic E-state index is 12.7. The number of aromatic nitrogens is 3. The van der Waals surface area contributed by atoms with Gasteiger partial charge < -0.3 is 0 Å². The Morgan fingerprint density at radius 3 is 3.00 bits per heavy atom. The van der Waals surface area contributed by atoms with Crippen LogP contribution in [0.4, 0.5) is 4.39 Å².